The van der Waals surface area contributed by atoms with Gasteiger partial charge in [-0.15, -0.1) is 0 Å². The van der Waals surface area contributed by atoms with E-state index in [1.807, 2.05) is 41.8 Å². The highest BCUT2D eigenvalue weighted by molar-refractivity contribution is 6.33. The van der Waals surface area contributed by atoms with E-state index in [4.69, 9.17) is 16.6 Å². The molecular weight excluding hydrogens is 346 g/mol. The predicted molar refractivity (Wildman–Crippen MR) is 108 cm³/mol. The SMILES string of the molecule is C=Cc1nc(Nc2c(C)cccc2Cl)n(-c2ccncn2)c1/C=C\CC. The molecule has 0 radical (unpaired) electrons. The van der Waals surface area contributed by atoms with Gasteiger partial charge in [0.2, 0.25) is 5.95 Å². The van der Waals surface area contributed by atoms with Crippen molar-refractivity contribution >= 4 is 35.4 Å². The van der Waals surface area contributed by atoms with Crippen molar-refractivity contribution in [3.63, 3.8) is 0 Å². The van der Waals surface area contributed by atoms with Crippen molar-refractivity contribution < 1.29 is 0 Å². The van der Waals surface area contributed by atoms with E-state index in [9.17, 15) is 0 Å². The second kappa shape index (κ2) is 7.97. The normalized spacial score (nSPS) is 11.0. The van der Waals surface area contributed by atoms with Gasteiger partial charge in [0, 0.05) is 6.20 Å². The molecule has 3 rings (SSSR count). The maximum absolute atomic E-state index is 6.38. The van der Waals surface area contributed by atoms with Gasteiger partial charge in [-0.1, -0.05) is 43.3 Å². The number of aromatic nitrogens is 4. The van der Waals surface area contributed by atoms with Gasteiger partial charge in [-0.05, 0) is 43.2 Å². The Hall–Kier alpha value is -2.92. The molecule has 132 valence electrons. The van der Waals surface area contributed by atoms with E-state index in [0.717, 1.165) is 29.1 Å². The summed E-state index contributed by atoms with van der Waals surface area (Å²) in [7, 11) is 0. The van der Waals surface area contributed by atoms with Gasteiger partial charge in [0.25, 0.3) is 0 Å². The minimum absolute atomic E-state index is 0.616. The highest BCUT2D eigenvalue weighted by Crippen LogP contribution is 2.31. The van der Waals surface area contributed by atoms with E-state index < -0.39 is 0 Å². The predicted octanol–water partition coefficient (Wildman–Crippen LogP) is 5.43. The zero-order valence-corrected chi connectivity index (χ0v) is 15.5. The molecule has 3 aromatic rings. The number of hydrogen-bond donors (Lipinski definition) is 1. The fourth-order valence-corrected chi connectivity index (χ4v) is 2.89. The Morgan fingerprint density at radius 1 is 1.31 bits per heavy atom. The first-order valence-electron chi connectivity index (χ1n) is 8.36. The summed E-state index contributed by atoms with van der Waals surface area (Å²) < 4.78 is 1.94. The first kappa shape index (κ1) is 17.9. The van der Waals surface area contributed by atoms with Crippen molar-refractivity contribution in [1.29, 1.82) is 0 Å². The summed E-state index contributed by atoms with van der Waals surface area (Å²) in [5.41, 5.74) is 3.50. The van der Waals surface area contributed by atoms with Crippen LogP contribution in [0.2, 0.25) is 5.02 Å². The molecule has 1 aromatic carbocycles. The molecule has 2 heterocycles. The van der Waals surface area contributed by atoms with Crippen LogP contribution in [0.3, 0.4) is 0 Å². The number of para-hydroxylation sites is 1. The highest BCUT2D eigenvalue weighted by atomic mass is 35.5. The number of benzene rings is 1. The molecule has 0 saturated carbocycles. The second-order valence-electron chi connectivity index (χ2n) is 5.68. The first-order valence-corrected chi connectivity index (χ1v) is 8.73. The number of hydrogen-bond acceptors (Lipinski definition) is 4. The molecule has 26 heavy (non-hydrogen) atoms. The zero-order valence-electron chi connectivity index (χ0n) is 14.8. The van der Waals surface area contributed by atoms with Crippen LogP contribution in [0.1, 0.15) is 30.3 Å². The Morgan fingerprint density at radius 2 is 2.15 bits per heavy atom. The summed E-state index contributed by atoms with van der Waals surface area (Å²) in [6.45, 7) is 7.98. The summed E-state index contributed by atoms with van der Waals surface area (Å²) in [5, 5.41) is 3.99. The number of nitrogens with one attached hydrogen (secondary N) is 1. The Kier molecular flexibility index (Phi) is 5.49. The topological polar surface area (TPSA) is 55.6 Å². The van der Waals surface area contributed by atoms with E-state index >= 15 is 0 Å². The number of halogens is 1. The number of imidazole rings is 1. The Labute approximate surface area is 158 Å². The Bertz CT molecular complexity index is 924. The van der Waals surface area contributed by atoms with Gasteiger partial charge in [-0.25, -0.2) is 15.0 Å². The molecule has 0 fully saturated rings. The molecule has 0 spiro atoms. The lowest BCUT2D eigenvalue weighted by molar-refractivity contribution is 0.967. The van der Waals surface area contributed by atoms with Gasteiger partial charge in [-0.2, -0.15) is 0 Å². The minimum Gasteiger partial charge on any atom is -0.324 e. The smallest absolute Gasteiger partial charge is 0.214 e. The third-order valence-corrected chi connectivity index (χ3v) is 4.22. The number of nitrogens with zero attached hydrogens (tertiary/aromatic N) is 4. The molecule has 0 saturated heterocycles. The average molecular weight is 366 g/mol. The number of aryl methyl sites for hydroxylation is 1. The molecule has 0 aliphatic carbocycles. The molecule has 2 aromatic heterocycles. The molecule has 1 N–H and O–H groups in total. The lowest BCUT2D eigenvalue weighted by Gasteiger charge is -2.13. The standard InChI is InChI=1S/C20H20ClN5/c1-4-6-10-17-16(5-2)24-20(26(17)18-11-12-22-13-23-18)25-19-14(3)8-7-9-15(19)21/h5-13H,2,4H2,1,3H3,(H,24,25)/b10-6-. The molecule has 0 aliphatic rings. The molecule has 0 bridgehead atoms. The van der Waals surface area contributed by atoms with Gasteiger partial charge in [0.05, 0.1) is 22.1 Å². The number of allylic oxidation sites excluding steroid dienone is 1. The Morgan fingerprint density at radius 3 is 2.81 bits per heavy atom. The second-order valence-corrected chi connectivity index (χ2v) is 6.09. The lowest BCUT2D eigenvalue weighted by atomic mass is 10.2. The van der Waals surface area contributed by atoms with Gasteiger partial charge < -0.3 is 5.32 Å². The van der Waals surface area contributed by atoms with Crippen molar-refractivity contribution in [3.8, 4) is 5.82 Å². The molecule has 6 heteroatoms. The molecule has 5 nitrogen and oxygen atoms in total. The van der Waals surface area contributed by atoms with Crippen molar-refractivity contribution in [2.75, 3.05) is 5.32 Å². The molecular formula is C20H20ClN5. The molecule has 0 aliphatic heterocycles. The highest BCUT2D eigenvalue weighted by Gasteiger charge is 2.17. The monoisotopic (exact) mass is 365 g/mol. The maximum Gasteiger partial charge on any atom is 0.214 e. The third-order valence-electron chi connectivity index (χ3n) is 3.90. The maximum atomic E-state index is 6.38. The third kappa shape index (κ3) is 3.53. The quantitative estimate of drug-likeness (QED) is 0.632. The minimum atomic E-state index is 0.616. The summed E-state index contributed by atoms with van der Waals surface area (Å²) in [4.78, 5) is 13.1. The molecule has 0 amide bonds. The van der Waals surface area contributed by atoms with Crippen LogP contribution in [0, 0.1) is 6.92 Å². The fraction of sp³-hybridized carbons (Fsp3) is 0.150. The van der Waals surface area contributed by atoms with Crippen LogP contribution in [-0.2, 0) is 0 Å². The van der Waals surface area contributed by atoms with Crippen molar-refractivity contribution in [3.05, 3.63) is 71.4 Å². The van der Waals surface area contributed by atoms with Gasteiger partial charge in [0.15, 0.2) is 0 Å². The molecule has 0 atom stereocenters. The van der Waals surface area contributed by atoms with Gasteiger partial charge >= 0.3 is 0 Å². The van der Waals surface area contributed by atoms with Gasteiger partial charge in [-0.3, -0.25) is 4.57 Å². The van der Waals surface area contributed by atoms with Crippen LogP contribution in [0.15, 0.2) is 49.4 Å². The largest absolute Gasteiger partial charge is 0.324 e. The summed E-state index contributed by atoms with van der Waals surface area (Å²) in [6, 6.07) is 7.60. The van der Waals surface area contributed by atoms with E-state index in [-0.39, 0.29) is 0 Å². The van der Waals surface area contributed by atoms with Crippen LogP contribution in [-0.4, -0.2) is 19.5 Å². The zero-order chi connectivity index (χ0) is 18.5. The van der Waals surface area contributed by atoms with E-state index in [1.165, 1.54) is 6.33 Å². The summed E-state index contributed by atoms with van der Waals surface area (Å²) >= 11 is 6.38. The van der Waals surface area contributed by atoms with Crippen molar-refractivity contribution in [2.45, 2.75) is 20.3 Å². The number of anilines is 2. The van der Waals surface area contributed by atoms with Gasteiger partial charge in [0.1, 0.15) is 12.1 Å². The van der Waals surface area contributed by atoms with Crippen LogP contribution in [0.25, 0.3) is 18.0 Å². The lowest BCUT2D eigenvalue weighted by Crippen LogP contribution is -2.06. The summed E-state index contributed by atoms with van der Waals surface area (Å²) in [6.07, 6.45) is 9.97. The number of rotatable bonds is 6. The van der Waals surface area contributed by atoms with Crippen LogP contribution < -0.4 is 5.32 Å². The fourth-order valence-electron chi connectivity index (χ4n) is 2.62. The van der Waals surface area contributed by atoms with Crippen LogP contribution >= 0.6 is 11.6 Å². The molecule has 0 unspecified atom stereocenters. The van der Waals surface area contributed by atoms with Crippen molar-refractivity contribution in [2.24, 2.45) is 0 Å². The summed E-state index contributed by atoms with van der Waals surface area (Å²) in [5.74, 6) is 1.33. The van der Waals surface area contributed by atoms with E-state index in [2.05, 4.69) is 34.9 Å². The van der Waals surface area contributed by atoms with E-state index in [1.54, 1.807) is 12.3 Å². The van der Waals surface area contributed by atoms with Crippen molar-refractivity contribution in [1.82, 2.24) is 19.5 Å². The van der Waals surface area contributed by atoms with E-state index in [0.29, 0.717) is 16.8 Å². The average Bonchev–Trinajstić information content (AvgIpc) is 3.01. The Balaban J connectivity index is 2.20. The van der Waals surface area contributed by atoms with Crippen LogP contribution in [0.5, 0.6) is 0 Å². The first-order chi connectivity index (χ1) is 12.7. The van der Waals surface area contributed by atoms with Crippen LogP contribution in [0.4, 0.5) is 11.6 Å².